The molecular weight excluding hydrogens is 1080 g/mol. The van der Waals surface area contributed by atoms with E-state index >= 15 is 0 Å². The lowest BCUT2D eigenvalue weighted by Gasteiger charge is -2.33. The molecule has 3 aliphatic heterocycles. The minimum atomic E-state index is -1.01. The van der Waals surface area contributed by atoms with E-state index in [1.165, 1.54) is 5.56 Å². The quantitative estimate of drug-likeness (QED) is 0.0492. The monoisotopic (exact) mass is 1160 g/mol. The van der Waals surface area contributed by atoms with Crippen LogP contribution in [0, 0.1) is 0 Å². The van der Waals surface area contributed by atoms with Gasteiger partial charge in [0.25, 0.3) is 0 Å². The fourth-order valence-electron chi connectivity index (χ4n) is 9.23. The Morgan fingerprint density at radius 2 is 1.13 bits per heavy atom. The Morgan fingerprint density at radius 3 is 1.67 bits per heavy atom. The Kier molecular flexibility index (Phi) is 22.2. The number of hydrogen-bond donors (Lipinski definition) is 2. The molecule has 17 heteroatoms. The van der Waals surface area contributed by atoms with Crippen molar-refractivity contribution in [2.24, 2.45) is 0 Å². The number of ether oxygens (including phenoxy) is 9. The lowest BCUT2D eigenvalue weighted by molar-refractivity contribution is -0.180. The second kappa shape index (κ2) is 29.4. The average molecular weight is 1160 g/mol. The van der Waals surface area contributed by atoms with Crippen molar-refractivity contribution in [3.05, 3.63) is 178 Å². The van der Waals surface area contributed by atoms with Crippen LogP contribution in [0.4, 0.5) is 4.79 Å². The smallest absolute Gasteiger partial charge is 0.410 e. The highest BCUT2D eigenvalue weighted by Crippen LogP contribution is 2.36. The van der Waals surface area contributed by atoms with E-state index in [9.17, 15) is 18.3 Å². The van der Waals surface area contributed by atoms with Crippen LogP contribution in [0.1, 0.15) is 112 Å². The first kappa shape index (κ1) is 61.9. The summed E-state index contributed by atoms with van der Waals surface area (Å²) < 4.78 is 76.6. The molecule has 440 valence electrons. The summed E-state index contributed by atoms with van der Waals surface area (Å²) in [5, 5.41) is 14.1. The molecule has 0 aromatic heterocycles. The number of hydrogen-bond acceptors (Lipinski definition) is 14. The van der Waals surface area contributed by atoms with Gasteiger partial charge in [0.15, 0.2) is 0 Å². The van der Waals surface area contributed by atoms with Gasteiger partial charge < -0.3 is 58.0 Å². The summed E-state index contributed by atoms with van der Waals surface area (Å²) in [5.74, 6) is 1.91. The van der Waals surface area contributed by atoms with Crippen LogP contribution in [0.25, 0.3) is 0 Å². The van der Waals surface area contributed by atoms with Crippen LogP contribution >= 0.6 is 0 Å². The van der Waals surface area contributed by atoms with Crippen molar-refractivity contribution in [1.29, 1.82) is 0 Å². The average Bonchev–Trinajstić information content (AvgIpc) is 4.04. The number of rotatable bonds is 26. The molecule has 2 N–H and O–H groups in total. The fraction of sp³-hybridized carbons (Fsp3) is 0.431. The zero-order chi connectivity index (χ0) is 58.2. The minimum Gasteiger partial charge on any atom is -0.491 e. The first-order chi connectivity index (χ1) is 39.4. The first-order valence-corrected chi connectivity index (χ1v) is 30.6. The van der Waals surface area contributed by atoms with E-state index in [-0.39, 0.29) is 22.7 Å². The molecular formula is C65H80N2O13S2. The van der Waals surface area contributed by atoms with E-state index < -0.39 is 39.3 Å². The van der Waals surface area contributed by atoms with E-state index in [2.05, 4.69) is 17.4 Å². The standard InChI is InChI=1S/C33H39NO7S.C32H41NO6S/c1-23(2)42(36)29-7-5-6-25(18-29)21-37-16-17-38-28-11-8-24(9-12-28)14-15-34-20-31(40-32(34)35)26-10-13-30-27(19-26)22-39-33(3,4)41-30;1-23(2)40(35)29-7-5-6-25(18-29)21-36-16-17-37-28-11-8-24(9-12-28)14-15-33-20-30(34)26-10-13-31-27(19-26)22-38-32(3,4)39-31/h5-13,18-19,23,31H,14-17,20-22H2,1-4H3;5-13,18-19,23,30,33-34H,14-17,20-22H2,1-4H3/t31-,42?;30-,40?/m00/s1. The molecule has 0 radical (unpaired) electrons. The van der Waals surface area contributed by atoms with Gasteiger partial charge in [-0.15, -0.1) is 0 Å². The molecule has 0 saturated carbocycles. The predicted molar refractivity (Wildman–Crippen MR) is 317 cm³/mol. The van der Waals surface area contributed by atoms with E-state index in [0.29, 0.717) is 78.9 Å². The molecule has 0 aliphatic carbocycles. The highest BCUT2D eigenvalue weighted by molar-refractivity contribution is 7.85. The topological polar surface area (TPSA) is 170 Å². The van der Waals surface area contributed by atoms with Crippen molar-refractivity contribution in [2.75, 3.05) is 52.6 Å². The highest BCUT2D eigenvalue weighted by Gasteiger charge is 2.34. The van der Waals surface area contributed by atoms with E-state index in [1.54, 1.807) is 4.90 Å². The van der Waals surface area contributed by atoms with Crippen LogP contribution < -0.4 is 24.3 Å². The molecule has 1 saturated heterocycles. The molecule has 9 rings (SSSR count). The van der Waals surface area contributed by atoms with Crippen molar-refractivity contribution in [1.82, 2.24) is 10.2 Å². The number of amides is 1. The summed E-state index contributed by atoms with van der Waals surface area (Å²) in [5.41, 5.74) is 8.01. The molecule has 1 amide bonds. The summed E-state index contributed by atoms with van der Waals surface area (Å²) in [7, 11) is -2.01. The summed E-state index contributed by atoms with van der Waals surface area (Å²) in [4.78, 5) is 16.0. The van der Waals surface area contributed by atoms with Crippen LogP contribution in [-0.2, 0) is 84.6 Å². The van der Waals surface area contributed by atoms with Crippen molar-refractivity contribution >= 4 is 27.7 Å². The highest BCUT2D eigenvalue weighted by atomic mass is 32.2. The number of carbonyl (C=O) groups is 1. The number of aliphatic hydroxyl groups excluding tert-OH is 1. The zero-order valence-electron chi connectivity index (χ0n) is 48.5. The third kappa shape index (κ3) is 18.4. The molecule has 1 fully saturated rings. The number of nitrogens with zero attached hydrogens (tertiary/aromatic N) is 1. The Hall–Kier alpha value is -6.15. The maximum atomic E-state index is 12.6. The molecule has 6 aromatic carbocycles. The summed E-state index contributed by atoms with van der Waals surface area (Å²) in [6.45, 7) is 21.3. The third-order valence-corrected chi connectivity index (χ3v) is 16.9. The second-order valence-corrected chi connectivity index (χ2v) is 25.9. The number of nitrogens with one attached hydrogen (secondary N) is 1. The van der Waals surface area contributed by atoms with Crippen LogP contribution in [0.2, 0.25) is 0 Å². The summed E-state index contributed by atoms with van der Waals surface area (Å²) >= 11 is 0. The van der Waals surface area contributed by atoms with Crippen LogP contribution in [0.5, 0.6) is 23.0 Å². The van der Waals surface area contributed by atoms with Gasteiger partial charge in [0.2, 0.25) is 11.6 Å². The van der Waals surface area contributed by atoms with Gasteiger partial charge in [0.05, 0.1) is 73.9 Å². The molecule has 0 bridgehead atoms. The third-order valence-electron chi connectivity index (χ3n) is 13.8. The van der Waals surface area contributed by atoms with E-state index in [1.807, 2.05) is 177 Å². The van der Waals surface area contributed by atoms with Crippen molar-refractivity contribution < 1.29 is 61.0 Å². The number of cyclic esters (lactones) is 1. The number of fused-ring (bicyclic) bond motifs is 2. The molecule has 2 unspecified atom stereocenters. The number of carbonyl (C=O) groups excluding carboxylic acids is 1. The van der Waals surface area contributed by atoms with E-state index in [0.717, 1.165) is 84.7 Å². The number of benzene rings is 6. The normalized spacial score (nSPS) is 17.1. The maximum absolute atomic E-state index is 12.6. The van der Waals surface area contributed by atoms with Gasteiger partial charge >= 0.3 is 6.09 Å². The van der Waals surface area contributed by atoms with Gasteiger partial charge in [0, 0.05) is 72.2 Å². The summed E-state index contributed by atoms with van der Waals surface area (Å²) in [6.07, 6.45) is 0.339. The lowest BCUT2D eigenvalue weighted by atomic mass is 10.0. The molecule has 82 heavy (non-hydrogen) atoms. The van der Waals surface area contributed by atoms with Gasteiger partial charge in [-0.05, 0) is 126 Å². The maximum Gasteiger partial charge on any atom is 0.410 e. The van der Waals surface area contributed by atoms with E-state index in [4.69, 9.17) is 42.6 Å². The van der Waals surface area contributed by atoms with Gasteiger partial charge in [-0.2, -0.15) is 0 Å². The fourth-order valence-corrected chi connectivity index (χ4v) is 11.3. The minimum absolute atomic E-state index is 0.0793. The second-order valence-electron chi connectivity index (χ2n) is 21.9. The van der Waals surface area contributed by atoms with Crippen molar-refractivity contribution in [2.45, 2.75) is 139 Å². The lowest BCUT2D eigenvalue weighted by Crippen LogP contribution is -2.35. The molecule has 3 aliphatic rings. The van der Waals surface area contributed by atoms with Gasteiger partial charge in [-0.25, -0.2) is 4.79 Å². The van der Waals surface area contributed by atoms with Crippen LogP contribution in [0.3, 0.4) is 0 Å². The van der Waals surface area contributed by atoms with Crippen LogP contribution in [-0.4, -0.2) is 99.2 Å². The molecule has 3 heterocycles. The van der Waals surface area contributed by atoms with Crippen LogP contribution in [0.15, 0.2) is 143 Å². The van der Waals surface area contributed by atoms with Crippen molar-refractivity contribution in [3.63, 3.8) is 0 Å². The first-order valence-electron chi connectivity index (χ1n) is 28.2. The number of aliphatic hydroxyl groups is 1. The SMILES string of the molecule is CC(C)S(=O)c1cccc(COCCOc2ccc(CCN3C[C@@H](c4ccc5c(c4)COC(C)(C)O5)OC3=O)cc2)c1.CC(C)S(=O)c1cccc(COCCOc2ccc(CCNC[C@H](O)c3ccc4c(c3)COC(C)(C)O4)cc2)c1. The zero-order valence-corrected chi connectivity index (χ0v) is 50.2. The predicted octanol–water partition coefficient (Wildman–Crippen LogP) is 11.5. The van der Waals surface area contributed by atoms with Gasteiger partial charge in [-0.1, -0.05) is 88.4 Å². The van der Waals surface area contributed by atoms with Gasteiger partial charge in [-0.3, -0.25) is 8.42 Å². The Bertz CT molecular complexity index is 3080. The largest absolute Gasteiger partial charge is 0.491 e. The van der Waals surface area contributed by atoms with Crippen molar-refractivity contribution in [3.8, 4) is 23.0 Å². The Labute approximate surface area is 488 Å². The summed E-state index contributed by atoms with van der Waals surface area (Å²) in [6, 6.07) is 43.1. The molecule has 0 spiro atoms. The Morgan fingerprint density at radius 1 is 0.622 bits per heavy atom. The molecule has 4 atom stereocenters. The molecule has 6 aromatic rings. The molecule has 15 nitrogen and oxygen atoms in total. The van der Waals surface area contributed by atoms with Gasteiger partial charge in [0.1, 0.15) is 42.3 Å². The Balaban J connectivity index is 0.000000215.